The van der Waals surface area contributed by atoms with Crippen LogP contribution in [0, 0.1) is 5.41 Å². The lowest BCUT2D eigenvalue weighted by Gasteiger charge is -2.35. The van der Waals surface area contributed by atoms with Gasteiger partial charge in [-0.05, 0) is 24.7 Å². The summed E-state index contributed by atoms with van der Waals surface area (Å²) in [4.78, 5) is 0. The van der Waals surface area contributed by atoms with Crippen molar-refractivity contribution in [3.63, 3.8) is 0 Å². The molecular weight excluding hydrogens is 146 g/mol. The van der Waals surface area contributed by atoms with Crippen molar-refractivity contribution in [1.29, 1.82) is 0 Å². The predicted molar refractivity (Wildman–Crippen MR) is 51.6 cm³/mol. The summed E-state index contributed by atoms with van der Waals surface area (Å²) in [7, 11) is 0. The minimum atomic E-state index is 0.674. The second-order valence-corrected chi connectivity index (χ2v) is 4.40. The normalized spacial score (nSPS) is 25.9. The molecule has 0 bridgehead atoms. The summed E-state index contributed by atoms with van der Waals surface area (Å²) >= 11 is 0. The Labute approximate surface area is 75.2 Å². The average molecular weight is 165 g/mol. The Bertz CT molecular complexity index is 187. The van der Waals surface area contributed by atoms with Gasteiger partial charge in [0.05, 0.1) is 0 Å². The van der Waals surface area contributed by atoms with Crippen LogP contribution in [0.3, 0.4) is 0 Å². The standard InChI is InChI=1S/C11H19N/c1-2-11(8-10-9-12-10)6-4-3-5-7-11/h9,12H,2-8H2,1H3. The molecule has 1 heteroatoms. The quantitative estimate of drug-likeness (QED) is 0.681. The van der Waals surface area contributed by atoms with E-state index in [0.29, 0.717) is 5.41 Å². The zero-order valence-corrected chi connectivity index (χ0v) is 8.03. The lowest BCUT2D eigenvalue weighted by molar-refractivity contribution is 0.180. The highest BCUT2D eigenvalue weighted by molar-refractivity contribution is 5.18. The molecule has 0 atom stereocenters. The number of hydrogen-bond acceptors (Lipinski definition) is 1. The van der Waals surface area contributed by atoms with Crippen molar-refractivity contribution in [2.24, 2.45) is 5.41 Å². The summed E-state index contributed by atoms with van der Waals surface area (Å²) in [6.45, 7) is 2.36. The zero-order valence-electron chi connectivity index (χ0n) is 8.03. The fourth-order valence-electron chi connectivity index (χ4n) is 2.51. The van der Waals surface area contributed by atoms with Crippen molar-refractivity contribution < 1.29 is 0 Å². The van der Waals surface area contributed by atoms with Crippen molar-refractivity contribution in [3.05, 3.63) is 11.9 Å². The van der Waals surface area contributed by atoms with Gasteiger partial charge >= 0.3 is 0 Å². The molecule has 0 aromatic heterocycles. The summed E-state index contributed by atoms with van der Waals surface area (Å²) in [6.07, 6.45) is 12.2. The van der Waals surface area contributed by atoms with Gasteiger partial charge in [0.1, 0.15) is 0 Å². The molecule has 68 valence electrons. The summed E-state index contributed by atoms with van der Waals surface area (Å²) in [5, 5.41) is 3.23. The van der Waals surface area contributed by atoms with E-state index < -0.39 is 0 Å². The van der Waals surface area contributed by atoms with Crippen LogP contribution in [-0.4, -0.2) is 0 Å². The van der Waals surface area contributed by atoms with E-state index in [2.05, 4.69) is 18.4 Å². The number of nitrogens with one attached hydrogen (secondary N) is 1. The van der Waals surface area contributed by atoms with E-state index in [4.69, 9.17) is 0 Å². The molecular formula is C11H19N. The molecule has 1 aliphatic carbocycles. The van der Waals surface area contributed by atoms with Crippen molar-refractivity contribution in [1.82, 2.24) is 5.32 Å². The van der Waals surface area contributed by atoms with Gasteiger partial charge in [0.15, 0.2) is 0 Å². The van der Waals surface area contributed by atoms with Gasteiger partial charge in [0.25, 0.3) is 0 Å². The fraction of sp³-hybridized carbons (Fsp3) is 0.818. The van der Waals surface area contributed by atoms with Crippen molar-refractivity contribution >= 4 is 0 Å². The Hall–Kier alpha value is -0.460. The van der Waals surface area contributed by atoms with Crippen LogP contribution in [0.5, 0.6) is 0 Å². The molecule has 1 saturated carbocycles. The first-order chi connectivity index (χ1) is 5.85. The van der Waals surface area contributed by atoms with Gasteiger partial charge in [-0.15, -0.1) is 0 Å². The fourth-order valence-corrected chi connectivity index (χ4v) is 2.51. The van der Waals surface area contributed by atoms with Gasteiger partial charge < -0.3 is 5.32 Å². The van der Waals surface area contributed by atoms with Crippen LogP contribution in [0.2, 0.25) is 0 Å². The lowest BCUT2D eigenvalue weighted by Crippen LogP contribution is -2.23. The molecule has 12 heavy (non-hydrogen) atoms. The van der Waals surface area contributed by atoms with E-state index in [1.807, 2.05) is 0 Å². The predicted octanol–water partition coefficient (Wildman–Crippen LogP) is 3.18. The molecule has 1 N–H and O–H groups in total. The molecule has 0 aromatic rings. The second kappa shape index (κ2) is 3.12. The Balaban J connectivity index is 1.95. The molecule has 1 heterocycles. The summed E-state index contributed by atoms with van der Waals surface area (Å²) < 4.78 is 0. The maximum atomic E-state index is 3.23. The van der Waals surface area contributed by atoms with E-state index in [1.165, 1.54) is 50.6 Å². The van der Waals surface area contributed by atoms with Gasteiger partial charge in [-0.25, -0.2) is 0 Å². The highest BCUT2D eigenvalue weighted by Gasteiger charge is 2.32. The first-order valence-corrected chi connectivity index (χ1v) is 5.30. The van der Waals surface area contributed by atoms with Gasteiger partial charge in [0, 0.05) is 11.9 Å². The third-order valence-corrected chi connectivity index (χ3v) is 3.58. The van der Waals surface area contributed by atoms with E-state index in [1.54, 1.807) is 0 Å². The molecule has 2 rings (SSSR count). The molecule has 1 fully saturated rings. The van der Waals surface area contributed by atoms with Crippen molar-refractivity contribution in [2.75, 3.05) is 0 Å². The van der Waals surface area contributed by atoms with Gasteiger partial charge in [-0.2, -0.15) is 0 Å². The molecule has 0 spiro atoms. The third kappa shape index (κ3) is 1.65. The Morgan fingerprint density at radius 2 is 2.00 bits per heavy atom. The van der Waals surface area contributed by atoms with E-state index >= 15 is 0 Å². The van der Waals surface area contributed by atoms with Gasteiger partial charge in [-0.1, -0.05) is 32.6 Å². The first-order valence-electron chi connectivity index (χ1n) is 5.30. The smallest absolute Gasteiger partial charge is 0.0315 e. The number of rotatable bonds is 3. The number of hydrogen-bond donors (Lipinski definition) is 1. The molecule has 0 aromatic carbocycles. The molecule has 0 amide bonds. The maximum Gasteiger partial charge on any atom is 0.0315 e. The highest BCUT2D eigenvalue weighted by Crippen LogP contribution is 2.44. The van der Waals surface area contributed by atoms with E-state index in [0.717, 1.165) is 0 Å². The summed E-state index contributed by atoms with van der Waals surface area (Å²) in [5.74, 6) is 0. The number of allylic oxidation sites excluding steroid dienone is 1. The van der Waals surface area contributed by atoms with Crippen LogP contribution in [-0.2, 0) is 0 Å². The average Bonchev–Trinajstić information content (AvgIpc) is 2.90. The minimum absolute atomic E-state index is 0.674. The lowest BCUT2D eigenvalue weighted by atomic mass is 9.70. The van der Waals surface area contributed by atoms with Crippen LogP contribution in [0.25, 0.3) is 0 Å². The molecule has 0 radical (unpaired) electrons. The molecule has 0 saturated heterocycles. The SMILES string of the molecule is CCC1(CC2=CN2)CCCCC1. The Kier molecular flexibility index (Phi) is 2.12. The molecule has 2 aliphatic rings. The minimum Gasteiger partial charge on any atom is -0.362 e. The Morgan fingerprint density at radius 3 is 2.50 bits per heavy atom. The van der Waals surface area contributed by atoms with Crippen LogP contribution in [0.15, 0.2) is 11.9 Å². The summed E-state index contributed by atoms with van der Waals surface area (Å²) in [6, 6.07) is 0. The largest absolute Gasteiger partial charge is 0.362 e. The Morgan fingerprint density at radius 1 is 1.33 bits per heavy atom. The van der Waals surface area contributed by atoms with Gasteiger partial charge in [-0.3, -0.25) is 0 Å². The zero-order chi connectivity index (χ0) is 8.44. The van der Waals surface area contributed by atoms with E-state index in [-0.39, 0.29) is 0 Å². The highest BCUT2D eigenvalue weighted by atomic mass is 15.0. The first kappa shape index (κ1) is 8.15. The second-order valence-electron chi connectivity index (χ2n) is 4.40. The topological polar surface area (TPSA) is 21.9 Å². The van der Waals surface area contributed by atoms with Gasteiger partial charge in [0.2, 0.25) is 0 Å². The molecule has 1 aliphatic heterocycles. The summed E-state index contributed by atoms with van der Waals surface area (Å²) in [5.41, 5.74) is 2.17. The third-order valence-electron chi connectivity index (χ3n) is 3.58. The van der Waals surface area contributed by atoms with Crippen LogP contribution < -0.4 is 5.32 Å². The van der Waals surface area contributed by atoms with E-state index in [9.17, 15) is 0 Å². The monoisotopic (exact) mass is 165 g/mol. The van der Waals surface area contributed by atoms with Crippen molar-refractivity contribution in [2.45, 2.75) is 51.9 Å². The van der Waals surface area contributed by atoms with Crippen LogP contribution >= 0.6 is 0 Å². The van der Waals surface area contributed by atoms with Crippen LogP contribution in [0.1, 0.15) is 51.9 Å². The van der Waals surface area contributed by atoms with Crippen LogP contribution in [0.4, 0.5) is 0 Å². The molecule has 1 nitrogen and oxygen atoms in total. The maximum absolute atomic E-state index is 3.23. The molecule has 0 unspecified atom stereocenters. The van der Waals surface area contributed by atoms with Crippen molar-refractivity contribution in [3.8, 4) is 0 Å².